The summed E-state index contributed by atoms with van der Waals surface area (Å²) in [5.41, 5.74) is 6.29. The van der Waals surface area contributed by atoms with Crippen molar-refractivity contribution in [2.45, 2.75) is 4.90 Å². The quantitative estimate of drug-likeness (QED) is 0.701. The zero-order valence-electron chi connectivity index (χ0n) is 9.90. The molecule has 20 heavy (non-hydrogen) atoms. The van der Waals surface area contributed by atoms with Crippen LogP contribution in [0.2, 0.25) is 5.02 Å². The first-order chi connectivity index (χ1) is 9.29. The van der Waals surface area contributed by atoms with Gasteiger partial charge in [-0.2, -0.15) is 0 Å². The highest BCUT2D eigenvalue weighted by Gasteiger charge is 2.18. The fraction of sp³-hybridized carbons (Fsp3) is 0. The molecule has 0 aromatic heterocycles. The Morgan fingerprint density at radius 3 is 2.40 bits per heavy atom. The zero-order valence-corrected chi connectivity index (χ0v) is 14.6. The molecule has 106 valence electrons. The van der Waals surface area contributed by atoms with Crippen LogP contribution >= 0.6 is 43.5 Å². The van der Waals surface area contributed by atoms with Crippen molar-refractivity contribution in [3.63, 3.8) is 0 Å². The van der Waals surface area contributed by atoms with Gasteiger partial charge >= 0.3 is 0 Å². The lowest BCUT2D eigenvalue weighted by molar-refractivity contribution is 0.601. The number of hydrogen-bond acceptors (Lipinski definition) is 3. The average molecular weight is 441 g/mol. The van der Waals surface area contributed by atoms with Crippen molar-refractivity contribution in [3.05, 3.63) is 50.4 Å². The molecule has 8 heteroatoms. The Kier molecular flexibility index (Phi) is 4.63. The minimum absolute atomic E-state index is 0.0202. The van der Waals surface area contributed by atoms with Gasteiger partial charge in [0.2, 0.25) is 0 Å². The van der Waals surface area contributed by atoms with Crippen molar-refractivity contribution in [2.75, 3.05) is 10.5 Å². The molecule has 0 aliphatic carbocycles. The number of rotatable bonds is 3. The van der Waals surface area contributed by atoms with Crippen LogP contribution in [0.15, 0.2) is 50.2 Å². The maximum absolute atomic E-state index is 12.3. The zero-order chi connectivity index (χ0) is 14.9. The summed E-state index contributed by atoms with van der Waals surface area (Å²) in [5.74, 6) is 0. The molecular formula is C12H9Br2ClN2O2S. The SMILES string of the molecule is Nc1cc(Br)ccc1S(=O)(=O)Nc1ccc(Cl)c(Br)c1. The van der Waals surface area contributed by atoms with Gasteiger partial charge in [-0.15, -0.1) is 0 Å². The van der Waals surface area contributed by atoms with E-state index in [0.29, 0.717) is 19.7 Å². The van der Waals surface area contributed by atoms with Crippen LogP contribution in [-0.2, 0) is 10.0 Å². The standard InChI is InChI=1S/C12H9Br2ClN2O2S/c13-7-1-4-12(11(16)5-7)20(18,19)17-8-2-3-10(15)9(14)6-8/h1-6,17H,16H2. The molecule has 2 rings (SSSR count). The smallest absolute Gasteiger partial charge is 0.263 e. The molecule has 3 N–H and O–H groups in total. The van der Waals surface area contributed by atoms with Gasteiger partial charge in [0, 0.05) is 8.95 Å². The van der Waals surface area contributed by atoms with Crippen LogP contribution in [0.3, 0.4) is 0 Å². The van der Waals surface area contributed by atoms with Gasteiger partial charge in [0.25, 0.3) is 10.0 Å². The van der Waals surface area contributed by atoms with Crippen molar-refractivity contribution >= 4 is 64.9 Å². The van der Waals surface area contributed by atoms with Crippen molar-refractivity contribution < 1.29 is 8.42 Å². The lowest BCUT2D eigenvalue weighted by atomic mass is 10.3. The average Bonchev–Trinajstić information content (AvgIpc) is 2.33. The second-order valence-corrected chi connectivity index (χ2v) is 7.74. The predicted molar refractivity (Wildman–Crippen MR) is 88.5 cm³/mol. The monoisotopic (exact) mass is 438 g/mol. The molecule has 0 spiro atoms. The van der Waals surface area contributed by atoms with Gasteiger partial charge in [-0.05, 0) is 52.3 Å². The van der Waals surface area contributed by atoms with E-state index in [0.717, 1.165) is 0 Å². The maximum atomic E-state index is 12.3. The Bertz CT molecular complexity index is 766. The van der Waals surface area contributed by atoms with Crippen molar-refractivity contribution in [3.8, 4) is 0 Å². The molecule has 0 saturated heterocycles. The molecule has 0 radical (unpaired) electrons. The van der Waals surface area contributed by atoms with E-state index in [1.807, 2.05) is 0 Å². The molecule has 0 aliphatic heterocycles. The second kappa shape index (κ2) is 5.93. The van der Waals surface area contributed by atoms with E-state index in [1.54, 1.807) is 24.3 Å². The summed E-state index contributed by atoms with van der Waals surface area (Å²) in [6, 6.07) is 9.32. The summed E-state index contributed by atoms with van der Waals surface area (Å²) < 4.78 is 28.3. The van der Waals surface area contributed by atoms with E-state index >= 15 is 0 Å². The third-order valence-corrected chi connectivity index (χ3v) is 5.60. The topological polar surface area (TPSA) is 72.2 Å². The van der Waals surface area contributed by atoms with Gasteiger partial charge in [-0.1, -0.05) is 27.5 Å². The molecule has 0 fully saturated rings. The normalized spacial score (nSPS) is 11.3. The molecule has 4 nitrogen and oxygen atoms in total. The number of benzene rings is 2. The number of halogens is 3. The van der Waals surface area contributed by atoms with Gasteiger partial charge in [0.1, 0.15) is 4.90 Å². The Morgan fingerprint density at radius 1 is 1.10 bits per heavy atom. The molecule has 0 heterocycles. The lowest BCUT2D eigenvalue weighted by Gasteiger charge is -2.11. The molecule has 0 amide bonds. The molecule has 2 aromatic carbocycles. The van der Waals surface area contributed by atoms with Gasteiger partial charge in [-0.25, -0.2) is 8.42 Å². The van der Waals surface area contributed by atoms with Crippen LogP contribution in [-0.4, -0.2) is 8.42 Å². The first-order valence-corrected chi connectivity index (χ1v) is 8.77. The van der Waals surface area contributed by atoms with Gasteiger partial charge in [0.05, 0.1) is 16.4 Å². The van der Waals surface area contributed by atoms with Crippen molar-refractivity contribution in [1.82, 2.24) is 0 Å². The van der Waals surface area contributed by atoms with E-state index in [9.17, 15) is 8.42 Å². The largest absolute Gasteiger partial charge is 0.398 e. The van der Waals surface area contributed by atoms with Crippen molar-refractivity contribution in [2.24, 2.45) is 0 Å². The number of anilines is 2. The number of hydrogen-bond donors (Lipinski definition) is 2. The third-order valence-electron chi connectivity index (χ3n) is 2.43. The Balaban J connectivity index is 2.38. The van der Waals surface area contributed by atoms with E-state index in [-0.39, 0.29) is 10.6 Å². The first kappa shape index (κ1) is 15.6. The lowest BCUT2D eigenvalue weighted by Crippen LogP contribution is -2.14. The Morgan fingerprint density at radius 2 is 1.80 bits per heavy atom. The van der Waals surface area contributed by atoms with Gasteiger partial charge in [-0.3, -0.25) is 4.72 Å². The van der Waals surface area contributed by atoms with Crippen LogP contribution in [0.4, 0.5) is 11.4 Å². The minimum atomic E-state index is -3.75. The van der Waals surface area contributed by atoms with Crippen LogP contribution < -0.4 is 10.5 Å². The number of sulfonamides is 1. The van der Waals surface area contributed by atoms with Crippen LogP contribution in [0.1, 0.15) is 0 Å². The van der Waals surface area contributed by atoms with E-state index in [1.165, 1.54) is 12.1 Å². The molecular weight excluding hydrogens is 431 g/mol. The minimum Gasteiger partial charge on any atom is -0.398 e. The molecule has 0 atom stereocenters. The first-order valence-electron chi connectivity index (χ1n) is 5.32. The van der Waals surface area contributed by atoms with Crippen LogP contribution in [0.25, 0.3) is 0 Å². The summed E-state index contributed by atoms with van der Waals surface area (Å²) in [5, 5.41) is 0.496. The molecule has 0 unspecified atom stereocenters. The van der Waals surface area contributed by atoms with Crippen molar-refractivity contribution in [1.29, 1.82) is 0 Å². The summed E-state index contributed by atoms with van der Waals surface area (Å²) in [7, 11) is -3.75. The van der Waals surface area contributed by atoms with E-state index in [4.69, 9.17) is 17.3 Å². The third kappa shape index (κ3) is 3.46. The van der Waals surface area contributed by atoms with Crippen LogP contribution in [0, 0.1) is 0 Å². The molecule has 0 saturated carbocycles. The predicted octanol–water partition coefficient (Wildman–Crippen LogP) is 4.25. The second-order valence-electron chi connectivity index (χ2n) is 3.92. The highest BCUT2D eigenvalue weighted by molar-refractivity contribution is 9.10. The molecule has 0 aliphatic rings. The number of nitrogens with two attached hydrogens (primary N) is 1. The number of nitrogen functional groups attached to an aromatic ring is 1. The van der Waals surface area contributed by atoms with E-state index in [2.05, 4.69) is 36.6 Å². The summed E-state index contributed by atoms with van der Waals surface area (Å²) in [6.45, 7) is 0. The van der Waals surface area contributed by atoms with E-state index < -0.39 is 10.0 Å². The van der Waals surface area contributed by atoms with Gasteiger partial charge in [0.15, 0.2) is 0 Å². The molecule has 2 aromatic rings. The van der Waals surface area contributed by atoms with Crippen LogP contribution in [0.5, 0.6) is 0 Å². The fourth-order valence-corrected chi connectivity index (χ4v) is 3.57. The number of nitrogens with one attached hydrogen (secondary N) is 1. The summed E-state index contributed by atoms with van der Waals surface area (Å²) >= 11 is 12.3. The Labute approximate surface area is 138 Å². The maximum Gasteiger partial charge on any atom is 0.263 e. The molecule has 0 bridgehead atoms. The van der Waals surface area contributed by atoms with Gasteiger partial charge < -0.3 is 5.73 Å². The fourth-order valence-electron chi connectivity index (χ4n) is 1.53. The highest BCUT2D eigenvalue weighted by Crippen LogP contribution is 2.28. The highest BCUT2D eigenvalue weighted by atomic mass is 79.9. The summed E-state index contributed by atoms with van der Waals surface area (Å²) in [4.78, 5) is 0.0202. The Hall–Kier alpha value is -0.760. The summed E-state index contributed by atoms with van der Waals surface area (Å²) in [6.07, 6.45) is 0.